The monoisotopic (exact) mass is 654 g/mol. The van der Waals surface area contributed by atoms with Crippen molar-refractivity contribution in [1.29, 1.82) is 0 Å². The maximum absolute atomic E-state index is 5.27. The molecule has 0 spiro atoms. The highest BCUT2D eigenvalue weighted by Gasteiger charge is 2.47. The Labute approximate surface area is 295 Å². The van der Waals surface area contributed by atoms with Crippen molar-refractivity contribution in [3.63, 3.8) is 0 Å². The average molecular weight is 655 g/mol. The zero-order chi connectivity index (χ0) is 33.8. The van der Waals surface area contributed by atoms with Gasteiger partial charge in [-0.25, -0.2) is 9.97 Å². The maximum atomic E-state index is 5.27. The third-order valence-electron chi connectivity index (χ3n) is 10.4. The number of oxazole rings is 2. The van der Waals surface area contributed by atoms with Crippen LogP contribution in [0.3, 0.4) is 0 Å². The van der Waals surface area contributed by atoms with E-state index in [4.69, 9.17) is 8.83 Å². The first-order chi connectivity index (χ1) is 25.3. The van der Waals surface area contributed by atoms with E-state index in [0.29, 0.717) is 0 Å². The summed E-state index contributed by atoms with van der Waals surface area (Å²) in [7, 11) is 0. The molecule has 0 atom stereocenters. The average Bonchev–Trinajstić information content (AvgIpc) is 4.00. The van der Waals surface area contributed by atoms with Crippen molar-refractivity contribution in [2.24, 2.45) is 0 Å². The lowest BCUT2D eigenvalue weighted by Gasteiger charge is -2.34. The Kier molecular flexibility index (Phi) is 6.68. The van der Waals surface area contributed by atoms with Gasteiger partial charge in [0.15, 0.2) is 12.8 Å². The summed E-state index contributed by atoms with van der Waals surface area (Å²) in [4.78, 5) is 8.71. The van der Waals surface area contributed by atoms with Crippen LogP contribution in [0.15, 0.2) is 192 Å². The quantitative estimate of drug-likeness (QED) is 0.179. The van der Waals surface area contributed by atoms with Gasteiger partial charge in [0.1, 0.15) is 23.9 Å². The van der Waals surface area contributed by atoms with Crippen molar-refractivity contribution in [1.82, 2.24) is 9.97 Å². The van der Waals surface area contributed by atoms with E-state index in [9.17, 15) is 0 Å². The zero-order valence-corrected chi connectivity index (χ0v) is 27.5. The summed E-state index contributed by atoms with van der Waals surface area (Å²) in [6, 6.07) is 57.6. The molecule has 0 saturated heterocycles. The molecule has 4 nitrogen and oxygen atoms in total. The molecule has 1 aliphatic carbocycles. The predicted molar refractivity (Wildman–Crippen MR) is 203 cm³/mol. The summed E-state index contributed by atoms with van der Waals surface area (Å²) in [5, 5.41) is 2.46. The summed E-state index contributed by atoms with van der Waals surface area (Å²) in [6.45, 7) is 0. The van der Waals surface area contributed by atoms with Crippen LogP contribution in [0.25, 0.3) is 66.7 Å². The number of benzene rings is 7. The Hall–Kier alpha value is -6.78. The number of nitrogens with zero attached hydrogens (tertiary/aromatic N) is 2. The molecule has 240 valence electrons. The molecule has 51 heavy (non-hydrogen) atoms. The fraction of sp³-hybridized carbons (Fsp3) is 0.0213. The number of rotatable bonds is 6. The van der Waals surface area contributed by atoms with Crippen LogP contribution >= 0.6 is 0 Å². The normalized spacial score (nSPS) is 12.9. The van der Waals surface area contributed by atoms with Crippen molar-refractivity contribution in [2.45, 2.75) is 5.41 Å². The SMILES string of the molecule is c1ccc(C2(c3ccccc3)c3cc(-c4ccc(-c5cocn5)cc4)ccc3-c3c2cc(-c2ccc(-c4cocn4)cc2)c2ccccc32)cc1. The molecule has 1 aliphatic rings. The lowest BCUT2D eigenvalue weighted by molar-refractivity contribution is 0.558. The van der Waals surface area contributed by atoms with Gasteiger partial charge in [0, 0.05) is 11.1 Å². The molecule has 7 aromatic carbocycles. The molecule has 0 amide bonds. The van der Waals surface area contributed by atoms with Crippen molar-refractivity contribution < 1.29 is 8.83 Å². The fourth-order valence-electron chi connectivity index (χ4n) is 8.13. The molecule has 2 heterocycles. The van der Waals surface area contributed by atoms with Gasteiger partial charge in [-0.1, -0.05) is 146 Å². The summed E-state index contributed by atoms with van der Waals surface area (Å²) in [5.74, 6) is 0. The Bertz CT molecular complexity index is 2600. The number of aromatic nitrogens is 2. The molecular formula is C47H30N2O2. The van der Waals surface area contributed by atoms with E-state index < -0.39 is 5.41 Å². The molecule has 0 unspecified atom stereocenters. The topological polar surface area (TPSA) is 52.1 Å². The zero-order valence-electron chi connectivity index (χ0n) is 27.5. The van der Waals surface area contributed by atoms with Crippen LogP contribution in [0.2, 0.25) is 0 Å². The van der Waals surface area contributed by atoms with E-state index in [0.717, 1.165) is 39.2 Å². The summed E-state index contributed by atoms with van der Waals surface area (Å²) in [5.41, 5.74) is 15.4. The second-order valence-corrected chi connectivity index (χ2v) is 13.0. The van der Waals surface area contributed by atoms with E-state index >= 15 is 0 Å². The van der Waals surface area contributed by atoms with E-state index in [2.05, 4.69) is 168 Å². The van der Waals surface area contributed by atoms with Crippen LogP contribution in [-0.2, 0) is 5.41 Å². The number of hydrogen-bond donors (Lipinski definition) is 0. The van der Waals surface area contributed by atoms with Crippen molar-refractivity contribution in [2.75, 3.05) is 0 Å². The second-order valence-electron chi connectivity index (χ2n) is 13.0. The van der Waals surface area contributed by atoms with Crippen LogP contribution in [0.1, 0.15) is 22.3 Å². The highest BCUT2D eigenvalue weighted by Crippen LogP contribution is 2.59. The molecule has 0 aliphatic heterocycles. The minimum absolute atomic E-state index is 0.566. The molecule has 9 aromatic rings. The molecule has 0 radical (unpaired) electrons. The molecular weight excluding hydrogens is 625 g/mol. The lowest BCUT2D eigenvalue weighted by atomic mass is 9.67. The van der Waals surface area contributed by atoms with Crippen LogP contribution in [0.4, 0.5) is 0 Å². The molecule has 0 saturated carbocycles. The lowest BCUT2D eigenvalue weighted by Crippen LogP contribution is -2.28. The molecule has 0 bridgehead atoms. The first kappa shape index (κ1) is 29.2. The third-order valence-corrected chi connectivity index (χ3v) is 10.4. The summed E-state index contributed by atoms with van der Waals surface area (Å²) < 4.78 is 10.5. The van der Waals surface area contributed by atoms with E-state index in [1.165, 1.54) is 62.5 Å². The molecule has 10 rings (SSSR count). The van der Waals surface area contributed by atoms with Crippen molar-refractivity contribution in [3.8, 4) is 55.9 Å². The largest absolute Gasteiger partial charge is 0.451 e. The third kappa shape index (κ3) is 4.54. The van der Waals surface area contributed by atoms with E-state index in [1.807, 2.05) is 0 Å². The summed E-state index contributed by atoms with van der Waals surface area (Å²) >= 11 is 0. The highest BCUT2D eigenvalue weighted by molar-refractivity contribution is 6.10. The Morgan fingerprint density at radius 1 is 0.392 bits per heavy atom. The first-order valence-corrected chi connectivity index (χ1v) is 17.1. The van der Waals surface area contributed by atoms with E-state index in [1.54, 1.807) is 12.5 Å². The van der Waals surface area contributed by atoms with Gasteiger partial charge in [-0.2, -0.15) is 0 Å². The molecule has 0 fully saturated rings. The van der Waals surface area contributed by atoms with Crippen LogP contribution in [0.5, 0.6) is 0 Å². The first-order valence-electron chi connectivity index (χ1n) is 17.1. The Balaban J connectivity index is 1.25. The van der Waals surface area contributed by atoms with Gasteiger partial charge in [-0.15, -0.1) is 0 Å². The summed E-state index contributed by atoms with van der Waals surface area (Å²) in [6.07, 6.45) is 6.31. The van der Waals surface area contributed by atoms with Crippen LogP contribution < -0.4 is 0 Å². The fourth-order valence-corrected chi connectivity index (χ4v) is 8.13. The van der Waals surface area contributed by atoms with Gasteiger partial charge < -0.3 is 8.83 Å². The second kappa shape index (κ2) is 11.7. The number of fused-ring (bicyclic) bond motifs is 5. The minimum Gasteiger partial charge on any atom is -0.451 e. The van der Waals surface area contributed by atoms with Gasteiger partial charge in [0.25, 0.3) is 0 Å². The van der Waals surface area contributed by atoms with Crippen molar-refractivity contribution in [3.05, 3.63) is 205 Å². The van der Waals surface area contributed by atoms with Gasteiger partial charge in [0.05, 0.1) is 5.41 Å². The Morgan fingerprint density at radius 3 is 1.47 bits per heavy atom. The standard InChI is InChI=1S/C47H30N2O2/c1-3-9-36(10-4-1)47(37-11-5-2-6-12-37)42-25-35(31-15-19-33(20-16-31)44-27-50-29-48-44)23-24-40(42)46-39-14-8-7-13-38(39)41(26-43(46)47)32-17-21-34(22-18-32)45-28-51-30-49-45/h1-30H. The highest BCUT2D eigenvalue weighted by atomic mass is 16.3. The van der Waals surface area contributed by atoms with Gasteiger partial charge >= 0.3 is 0 Å². The Morgan fingerprint density at radius 2 is 0.902 bits per heavy atom. The maximum Gasteiger partial charge on any atom is 0.181 e. The number of hydrogen-bond acceptors (Lipinski definition) is 4. The molecule has 2 aromatic heterocycles. The molecule has 0 N–H and O–H groups in total. The van der Waals surface area contributed by atoms with Crippen molar-refractivity contribution >= 4 is 10.8 Å². The minimum atomic E-state index is -0.566. The smallest absolute Gasteiger partial charge is 0.181 e. The van der Waals surface area contributed by atoms with Crippen LogP contribution in [-0.4, -0.2) is 9.97 Å². The van der Waals surface area contributed by atoms with Gasteiger partial charge in [-0.05, 0) is 78.5 Å². The predicted octanol–water partition coefficient (Wildman–Crippen LogP) is 11.8. The van der Waals surface area contributed by atoms with Crippen LogP contribution in [0, 0.1) is 0 Å². The van der Waals surface area contributed by atoms with E-state index in [-0.39, 0.29) is 0 Å². The molecule has 4 heteroatoms. The van der Waals surface area contributed by atoms with Gasteiger partial charge in [-0.3, -0.25) is 0 Å². The van der Waals surface area contributed by atoms with Gasteiger partial charge in [0.2, 0.25) is 0 Å².